The number of aliphatic hydroxyl groups excluding tert-OH is 1. The molecule has 0 atom stereocenters. The van der Waals surface area contributed by atoms with E-state index in [0.29, 0.717) is 24.7 Å². The molecule has 2 rings (SSSR count). The Kier molecular flexibility index (Phi) is 3.62. The lowest BCUT2D eigenvalue weighted by Gasteiger charge is -2.25. The van der Waals surface area contributed by atoms with Crippen LogP contribution >= 0.6 is 0 Å². The van der Waals surface area contributed by atoms with E-state index in [0.717, 1.165) is 24.1 Å². The summed E-state index contributed by atoms with van der Waals surface area (Å²) >= 11 is 0. The predicted octanol–water partition coefficient (Wildman–Crippen LogP) is 0.978. The fraction of sp³-hybridized carbons (Fsp3) is 0.462. The highest BCUT2D eigenvalue weighted by molar-refractivity contribution is 5.61. The zero-order valence-electron chi connectivity index (χ0n) is 9.76. The molecule has 1 aromatic rings. The van der Waals surface area contributed by atoms with E-state index < -0.39 is 0 Å². The Balaban J connectivity index is 2.32. The second kappa shape index (κ2) is 5.17. The molecule has 4 heteroatoms. The van der Waals surface area contributed by atoms with Crippen molar-refractivity contribution in [3.8, 4) is 6.07 Å². The quantitative estimate of drug-likeness (QED) is 0.792. The summed E-state index contributed by atoms with van der Waals surface area (Å²) < 4.78 is 0. The summed E-state index contributed by atoms with van der Waals surface area (Å²) in [6.45, 7) is 1.14. The van der Waals surface area contributed by atoms with Crippen LogP contribution in [0.1, 0.15) is 24.0 Å². The number of nitrogens with two attached hydrogens (primary N) is 1. The maximum Gasteiger partial charge on any atom is 0.101 e. The van der Waals surface area contributed by atoms with Crippen LogP contribution in [0.2, 0.25) is 0 Å². The van der Waals surface area contributed by atoms with Crippen molar-refractivity contribution in [2.75, 3.05) is 18.1 Å². The molecule has 17 heavy (non-hydrogen) atoms. The van der Waals surface area contributed by atoms with Gasteiger partial charge >= 0.3 is 0 Å². The van der Waals surface area contributed by atoms with Crippen LogP contribution < -0.4 is 10.6 Å². The van der Waals surface area contributed by atoms with Crippen LogP contribution in [-0.2, 0) is 6.54 Å². The van der Waals surface area contributed by atoms with Crippen LogP contribution in [0.25, 0.3) is 0 Å². The third-order valence-electron chi connectivity index (χ3n) is 3.06. The van der Waals surface area contributed by atoms with Crippen molar-refractivity contribution in [3.63, 3.8) is 0 Å². The third-order valence-corrected chi connectivity index (χ3v) is 3.06. The molecule has 0 radical (unpaired) electrons. The maximum atomic E-state index is 9.18. The molecular weight excluding hydrogens is 214 g/mol. The standard InChI is InChI=1S/C13H17N3O/c14-8-10-1-4-13(11(7-10)9-15)16(5-6-17)12-2-3-12/h1,4,7,12,17H,2-3,5-6,8,14H2. The highest BCUT2D eigenvalue weighted by Crippen LogP contribution is 2.33. The summed E-state index contributed by atoms with van der Waals surface area (Å²) in [5.41, 5.74) is 8.09. The van der Waals surface area contributed by atoms with Crippen molar-refractivity contribution < 1.29 is 5.11 Å². The van der Waals surface area contributed by atoms with E-state index in [1.807, 2.05) is 18.2 Å². The van der Waals surface area contributed by atoms with Crippen molar-refractivity contribution >= 4 is 5.69 Å². The van der Waals surface area contributed by atoms with E-state index in [-0.39, 0.29) is 6.61 Å². The molecule has 90 valence electrons. The molecule has 1 saturated carbocycles. The van der Waals surface area contributed by atoms with E-state index in [1.54, 1.807) is 0 Å². The highest BCUT2D eigenvalue weighted by Gasteiger charge is 2.30. The summed E-state index contributed by atoms with van der Waals surface area (Å²) in [5, 5.41) is 18.3. The van der Waals surface area contributed by atoms with Gasteiger partial charge in [0.1, 0.15) is 6.07 Å². The van der Waals surface area contributed by atoms with Crippen LogP contribution in [0.3, 0.4) is 0 Å². The molecule has 0 unspecified atom stereocenters. The van der Waals surface area contributed by atoms with Crippen molar-refractivity contribution in [1.82, 2.24) is 0 Å². The first-order valence-corrected chi connectivity index (χ1v) is 5.90. The molecule has 1 aliphatic carbocycles. The molecule has 1 aliphatic rings. The molecule has 3 N–H and O–H groups in total. The van der Waals surface area contributed by atoms with Gasteiger partial charge in [0.2, 0.25) is 0 Å². The number of nitriles is 1. The first kappa shape index (κ1) is 11.9. The van der Waals surface area contributed by atoms with Crippen molar-refractivity contribution in [2.45, 2.75) is 25.4 Å². The highest BCUT2D eigenvalue weighted by atomic mass is 16.3. The van der Waals surface area contributed by atoms with Gasteiger partial charge in [-0.3, -0.25) is 0 Å². The summed E-state index contributed by atoms with van der Waals surface area (Å²) in [6.07, 6.45) is 2.28. The minimum atomic E-state index is 0.111. The van der Waals surface area contributed by atoms with E-state index in [1.165, 1.54) is 0 Å². The van der Waals surface area contributed by atoms with Crippen LogP contribution in [0.4, 0.5) is 5.69 Å². The Bertz CT molecular complexity index is 435. The summed E-state index contributed by atoms with van der Waals surface area (Å²) in [7, 11) is 0. The number of hydrogen-bond acceptors (Lipinski definition) is 4. The SMILES string of the molecule is N#Cc1cc(CN)ccc1N(CCO)C1CC1. The summed E-state index contributed by atoms with van der Waals surface area (Å²) in [5.74, 6) is 0. The first-order chi connectivity index (χ1) is 8.30. The zero-order chi connectivity index (χ0) is 12.3. The van der Waals surface area contributed by atoms with Crippen molar-refractivity contribution in [1.29, 1.82) is 5.26 Å². The van der Waals surface area contributed by atoms with E-state index in [2.05, 4.69) is 11.0 Å². The molecule has 0 aliphatic heterocycles. The molecule has 0 spiro atoms. The molecule has 0 bridgehead atoms. The van der Waals surface area contributed by atoms with E-state index >= 15 is 0 Å². The monoisotopic (exact) mass is 231 g/mol. The normalized spacial score (nSPS) is 14.4. The number of nitrogens with zero attached hydrogens (tertiary/aromatic N) is 2. The van der Waals surface area contributed by atoms with Crippen molar-refractivity contribution in [3.05, 3.63) is 29.3 Å². The second-order valence-corrected chi connectivity index (χ2v) is 4.32. The molecule has 0 saturated heterocycles. The van der Waals surface area contributed by atoms with E-state index in [4.69, 9.17) is 10.8 Å². The molecule has 1 aromatic carbocycles. The Morgan fingerprint density at radius 3 is 2.76 bits per heavy atom. The minimum absolute atomic E-state index is 0.111. The van der Waals surface area contributed by atoms with Gasteiger partial charge in [0.25, 0.3) is 0 Å². The van der Waals surface area contributed by atoms with Crippen LogP contribution in [0.15, 0.2) is 18.2 Å². The largest absolute Gasteiger partial charge is 0.395 e. The zero-order valence-corrected chi connectivity index (χ0v) is 9.76. The van der Waals surface area contributed by atoms with Gasteiger partial charge in [0, 0.05) is 19.1 Å². The van der Waals surface area contributed by atoms with Gasteiger partial charge in [-0.2, -0.15) is 5.26 Å². The van der Waals surface area contributed by atoms with Gasteiger partial charge in [-0.15, -0.1) is 0 Å². The second-order valence-electron chi connectivity index (χ2n) is 4.32. The fourth-order valence-corrected chi connectivity index (χ4v) is 2.04. The van der Waals surface area contributed by atoms with Gasteiger partial charge < -0.3 is 15.7 Å². The smallest absolute Gasteiger partial charge is 0.101 e. The Labute approximate surface area is 101 Å². The number of rotatable bonds is 5. The molecule has 4 nitrogen and oxygen atoms in total. The van der Waals surface area contributed by atoms with Crippen LogP contribution in [0.5, 0.6) is 0 Å². The first-order valence-electron chi connectivity index (χ1n) is 5.90. The molecule has 1 fully saturated rings. The Hall–Kier alpha value is -1.57. The lowest BCUT2D eigenvalue weighted by molar-refractivity contribution is 0.301. The van der Waals surface area contributed by atoms with Gasteiger partial charge in [0.05, 0.1) is 17.9 Å². The van der Waals surface area contributed by atoms with Crippen LogP contribution in [-0.4, -0.2) is 24.3 Å². The summed E-state index contributed by atoms with van der Waals surface area (Å²) in [4.78, 5) is 2.12. The number of anilines is 1. The number of aliphatic hydroxyl groups is 1. The lowest BCUT2D eigenvalue weighted by atomic mass is 10.1. The Morgan fingerprint density at radius 1 is 1.47 bits per heavy atom. The third kappa shape index (κ3) is 2.57. The molecule has 0 heterocycles. The van der Waals surface area contributed by atoms with Crippen molar-refractivity contribution in [2.24, 2.45) is 5.73 Å². The fourth-order valence-electron chi connectivity index (χ4n) is 2.04. The van der Waals surface area contributed by atoms with Crippen LogP contribution in [0, 0.1) is 11.3 Å². The maximum absolute atomic E-state index is 9.18. The van der Waals surface area contributed by atoms with Gasteiger partial charge in [0.15, 0.2) is 0 Å². The van der Waals surface area contributed by atoms with Gasteiger partial charge in [-0.05, 0) is 30.5 Å². The number of hydrogen-bond donors (Lipinski definition) is 2. The summed E-state index contributed by atoms with van der Waals surface area (Å²) in [6, 6.07) is 8.42. The van der Waals surface area contributed by atoms with Gasteiger partial charge in [-0.25, -0.2) is 0 Å². The molecule has 0 aromatic heterocycles. The topological polar surface area (TPSA) is 73.3 Å². The molecular formula is C13H17N3O. The number of benzene rings is 1. The Morgan fingerprint density at radius 2 is 2.24 bits per heavy atom. The van der Waals surface area contributed by atoms with E-state index in [9.17, 15) is 5.26 Å². The average molecular weight is 231 g/mol. The molecule has 0 amide bonds. The minimum Gasteiger partial charge on any atom is -0.395 e. The predicted molar refractivity (Wildman–Crippen MR) is 66.5 cm³/mol. The lowest BCUT2D eigenvalue weighted by Crippen LogP contribution is -2.29. The average Bonchev–Trinajstić information content (AvgIpc) is 3.19. The van der Waals surface area contributed by atoms with Gasteiger partial charge in [-0.1, -0.05) is 6.07 Å².